The molecule has 0 saturated carbocycles. The molecule has 19 heavy (non-hydrogen) atoms. The molecule has 1 heterocycles. The lowest BCUT2D eigenvalue weighted by Crippen LogP contribution is -2.36. The van der Waals surface area contributed by atoms with E-state index >= 15 is 0 Å². The van der Waals surface area contributed by atoms with Gasteiger partial charge in [0.15, 0.2) is 0 Å². The van der Waals surface area contributed by atoms with E-state index in [1.165, 1.54) is 5.56 Å². The number of hydrogen-bond donors (Lipinski definition) is 3. The van der Waals surface area contributed by atoms with Crippen LogP contribution in [0.25, 0.3) is 0 Å². The Hall–Kier alpha value is -1.43. The van der Waals surface area contributed by atoms with Crippen LogP contribution in [0.1, 0.15) is 28.8 Å². The number of carbonyl (C=O) groups excluding carboxylic acids is 1. The van der Waals surface area contributed by atoms with Crippen LogP contribution in [0, 0.1) is 5.92 Å². The van der Waals surface area contributed by atoms with Crippen molar-refractivity contribution >= 4 is 5.91 Å². The molecule has 0 radical (unpaired) electrons. The van der Waals surface area contributed by atoms with Crippen LogP contribution in [0.3, 0.4) is 0 Å². The van der Waals surface area contributed by atoms with Gasteiger partial charge in [0, 0.05) is 25.3 Å². The van der Waals surface area contributed by atoms with Gasteiger partial charge < -0.3 is 5.11 Å². The molecule has 1 fully saturated rings. The fourth-order valence-electron chi connectivity index (χ4n) is 2.55. The Bertz CT molecular complexity index is 419. The van der Waals surface area contributed by atoms with Gasteiger partial charge in [-0.3, -0.25) is 15.1 Å². The molecule has 0 aliphatic carbocycles. The molecule has 1 saturated heterocycles. The second-order valence-electron chi connectivity index (χ2n) is 5.10. The molecule has 104 valence electrons. The first-order valence-electron chi connectivity index (χ1n) is 6.66. The maximum Gasteiger partial charge on any atom is 0.265 e. The summed E-state index contributed by atoms with van der Waals surface area (Å²) < 4.78 is 0. The predicted molar refractivity (Wildman–Crippen MR) is 73.2 cm³/mol. The summed E-state index contributed by atoms with van der Waals surface area (Å²) in [5, 5.41) is 9.22. The van der Waals surface area contributed by atoms with E-state index < -0.39 is 0 Å². The minimum Gasteiger partial charge on any atom is -0.396 e. The van der Waals surface area contributed by atoms with E-state index in [0.29, 0.717) is 11.5 Å². The molecule has 2 rings (SSSR count). The highest BCUT2D eigenvalue weighted by Crippen LogP contribution is 2.18. The molecule has 1 unspecified atom stereocenters. The van der Waals surface area contributed by atoms with Crippen molar-refractivity contribution in [2.45, 2.75) is 19.4 Å². The smallest absolute Gasteiger partial charge is 0.265 e. The Balaban J connectivity index is 1.94. The Labute approximate surface area is 113 Å². The van der Waals surface area contributed by atoms with E-state index in [2.05, 4.69) is 10.3 Å². The monoisotopic (exact) mass is 263 g/mol. The summed E-state index contributed by atoms with van der Waals surface area (Å²) in [6.07, 6.45) is 2.25. The standard InChI is InChI=1S/C14H21N3O2/c15-16-14(19)13-5-3-11(4-6-13)8-17-7-1-2-12(9-17)10-18/h3-6,12,18H,1-2,7-10,15H2,(H,16,19). The number of nitrogen functional groups attached to an aromatic ring is 1. The zero-order valence-corrected chi connectivity index (χ0v) is 11.0. The number of rotatable bonds is 4. The summed E-state index contributed by atoms with van der Waals surface area (Å²) in [7, 11) is 0. The van der Waals surface area contributed by atoms with Crippen molar-refractivity contribution in [3.05, 3.63) is 35.4 Å². The van der Waals surface area contributed by atoms with E-state index in [1.807, 2.05) is 12.1 Å². The van der Waals surface area contributed by atoms with Crippen LogP contribution < -0.4 is 11.3 Å². The highest BCUT2D eigenvalue weighted by atomic mass is 16.3. The van der Waals surface area contributed by atoms with Crippen molar-refractivity contribution in [2.75, 3.05) is 19.7 Å². The van der Waals surface area contributed by atoms with Crippen molar-refractivity contribution in [1.82, 2.24) is 10.3 Å². The topological polar surface area (TPSA) is 78.6 Å². The van der Waals surface area contributed by atoms with Gasteiger partial charge >= 0.3 is 0 Å². The lowest BCUT2D eigenvalue weighted by molar-refractivity contribution is 0.0953. The van der Waals surface area contributed by atoms with Crippen LogP contribution in [-0.4, -0.2) is 35.6 Å². The number of nitrogens with two attached hydrogens (primary N) is 1. The second kappa shape index (κ2) is 6.65. The van der Waals surface area contributed by atoms with E-state index in [-0.39, 0.29) is 12.5 Å². The molecule has 1 aromatic rings. The lowest BCUT2D eigenvalue weighted by Gasteiger charge is -2.31. The Morgan fingerprint density at radius 2 is 2.16 bits per heavy atom. The molecule has 5 nitrogen and oxygen atoms in total. The number of benzene rings is 1. The molecular formula is C14H21N3O2. The molecule has 1 aliphatic rings. The lowest BCUT2D eigenvalue weighted by atomic mass is 9.98. The number of aliphatic hydroxyl groups is 1. The van der Waals surface area contributed by atoms with Crippen molar-refractivity contribution in [3.63, 3.8) is 0 Å². The van der Waals surface area contributed by atoms with Gasteiger partial charge in [0.1, 0.15) is 0 Å². The third-order valence-corrected chi connectivity index (χ3v) is 3.61. The summed E-state index contributed by atoms with van der Waals surface area (Å²) in [6.45, 7) is 3.15. The Morgan fingerprint density at radius 3 is 2.79 bits per heavy atom. The number of carbonyl (C=O) groups is 1. The fourth-order valence-corrected chi connectivity index (χ4v) is 2.55. The third kappa shape index (κ3) is 3.76. The molecule has 0 bridgehead atoms. The predicted octanol–water partition coefficient (Wildman–Crippen LogP) is 0.494. The summed E-state index contributed by atoms with van der Waals surface area (Å²) in [5.41, 5.74) is 3.86. The molecule has 1 aliphatic heterocycles. The van der Waals surface area contributed by atoms with Crippen molar-refractivity contribution in [1.29, 1.82) is 0 Å². The van der Waals surface area contributed by atoms with E-state index in [9.17, 15) is 9.90 Å². The van der Waals surface area contributed by atoms with Gasteiger partial charge in [-0.1, -0.05) is 12.1 Å². The van der Waals surface area contributed by atoms with Gasteiger partial charge in [-0.25, -0.2) is 5.84 Å². The summed E-state index contributed by atoms with van der Waals surface area (Å²) in [4.78, 5) is 13.7. The highest BCUT2D eigenvalue weighted by Gasteiger charge is 2.19. The average Bonchev–Trinajstić information content (AvgIpc) is 2.47. The number of nitrogens with zero attached hydrogens (tertiary/aromatic N) is 1. The zero-order chi connectivity index (χ0) is 13.7. The van der Waals surface area contributed by atoms with Crippen LogP contribution in [0.2, 0.25) is 0 Å². The molecule has 0 spiro atoms. The molecule has 1 atom stereocenters. The number of piperidine rings is 1. The van der Waals surface area contributed by atoms with Crippen LogP contribution in [-0.2, 0) is 6.54 Å². The number of likely N-dealkylation sites (tertiary alicyclic amines) is 1. The molecule has 4 N–H and O–H groups in total. The molecule has 1 aromatic carbocycles. The van der Waals surface area contributed by atoms with Crippen LogP contribution in [0.15, 0.2) is 24.3 Å². The third-order valence-electron chi connectivity index (χ3n) is 3.61. The number of nitrogens with one attached hydrogen (secondary N) is 1. The molecule has 5 heteroatoms. The van der Waals surface area contributed by atoms with Crippen molar-refractivity contribution in [2.24, 2.45) is 11.8 Å². The van der Waals surface area contributed by atoms with Gasteiger partial charge in [-0.2, -0.15) is 0 Å². The summed E-state index contributed by atoms with van der Waals surface area (Å²) >= 11 is 0. The maximum atomic E-state index is 11.3. The van der Waals surface area contributed by atoms with Gasteiger partial charge in [-0.15, -0.1) is 0 Å². The SMILES string of the molecule is NNC(=O)c1ccc(CN2CCCC(CO)C2)cc1. The first kappa shape index (κ1) is 14.0. The quantitative estimate of drug-likeness (QED) is 0.420. The number of hydrazine groups is 1. The van der Waals surface area contributed by atoms with Crippen molar-refractivity contribution in [3.8, 4) is 0 Å². The van der Waals surface area contributed by atoms with Gasteiger partial charge in [0.25, 0.3) is 5.91 Å². The first-order valence-corrected chi connectivity index (χ1v) is 6.66. The second-order valence-corrected chi connectivity index (χ2v) is 5.10. The largest absolute Gasteiger partial charge is 0.396 e. The molecule has 0 aromatic heterocycles. The van der Waals surface area contributed by atoms with Gasteiger partial charge in [-0.05, 0) is 43.0 Å². The molecule has 1 amide bonds. The van der Waals surface area contributed by atoms with Crippen LogP contribution in [0.5, 0.6) is 0 Å². The van der Waals surface area contributed by atoms with E-state index in [1.54, 1.807) is 12.1 Å². The van der Waals surface area contributed by atoms with E-state index in [0.717, 1.165) is 32.5 Å². The van der Waals surface area contributed by atoms with Gasteiger partial charge in [0.2, 0.25) is 0 Å². The zero-order valence-electron chi connectivity index (χ0n) is 11.0. The number of hydrogen-bond acceptors (Lipinski definition) is 4. The van der Waals surface area contributed by atoms with Crippen LogP contribution >= 0.6 is 0 Å². The minimum atomic E-state index is -0.273. The summed E-state index contributed by atoms with van der Waals surface area (Å²) in [5.74, 6) is 5.22. The Kier molecular flexibility index (Phi) is 4.90. The average molecular weight is 263 g/mol. The van der Waals surface area contributed by atoms with Crippen LogP contribution in [0.4, 0.5) is 0 Å². The highest BCUT2D eigenvalue weighted by molar-refractivity contribution is 5.93. The minimum absolute atomic E-state index is 0.270. The summed E-state index contributed by atoms with van der Waals surface area (Å²) in [6, 6.07) is 7.47. The molecular weight excluding hydrogens is 242 g/mol. The normalized spacial score (nSPS) is 20.2. The number of aliphatic hydroxyl groups excluding tert-OH is 1. The van der Waals surface area contributed by atoms with Crippen molar-refractivity contribution < 1.29 is 9.90 Å². The first-order chi connectivity index (χ1) is 9.22. The Morgan fingerprint density at radius 1 is 1.42 bits per heavy atom. The fraction of sp³-hybridized carbons (Fsp3) is 0.500. The van der Waals surface area contributed by atoms with Gasteiger partial charge in [0.05, 0.1) is 0 Å². The van der Waals surface area contributed by atoms with E-state index in [4.69, 9.17) is 5.84 Å². The maximum absolute atomic E-state index is 11.3. The number of amides is 1.